The first-order valence-electron chi connectivity index (χ1n) is 4.67. The first kappa shape index (κ1) is 9.68. The minimum absolute atomic E-state index is 0.367. The third kappa shape index (κ3) is 1.46. The van der Waals surface area contributed by atoms with Gasteiger partial charge in [-0.15, -0.1) is 0 Å². The first-order valence-corrected chi connectivity index (χ1v) is 5.89. The van der Waals surface area contributed by atoms with E-state index in [2.05, 4.69) is 16.4 Å². The smallest absolute Gasteiger partial charge is 0.220 e. The molecule has 0 aliphatic carbocycles. The maximum atomic E-state index is 5.67. The lowest BCUT2D eigenvalue weighted by Gasteiger charge is -2.19. The van der Waals surface area contributed by atoms with E-state index >= 15 is 0 Å². The van der Waals surface area contributed by atoms with Crippen LogP contribution in [0.1, 0.15) is 0 Å². The van der Waals surface area contributed by atoms with Crippen LogP contribution in [0.3, 0.4) is 0 Å². The molecule has 0 spiro atoms. The van der Waals surface area contributed by atoms with E-state index in [1.807, 2.05) is 18.2 Å². The molecule has 16 heavy (non-hydrogen) atoms. The van der Waals surface area contributed by atoms with Gasteiger partial charge in [-0.25, -0.2) is 4.68 Å². The largest absolute Gasteiger partial charge is 0.338 e. The highest BCUT2D eigenvalue weighted by atomic mass is 32.2. The van der Waals surface area contributed by atoms with Crippen molar-refractivity contribution >= 4 is 35.5 Å². The normalized spacial score (nSPS) is 12.5. The second-order valence-electron chi connectivity index (χ2n) is 3.37. The number of aromatic nitrogens is 2. The maximum Gasteiger partial charge on any atom is 0.220 e. The minimum Gasteiger partial charge on any atom is -0.338 e. The number of fused-ring (bicyclic) bond motifs is 2. The Morgan fingerprint density at radius 1 is 1.31 bits per heavy atom. The lowest BCUT2D eigenvalue weighted by Crippen LogP contribution is -2.14. The molecule has 0 saturated carbocycles. The number of rotatable bonds is 0. The molecule has 0 radical (unpaired) electrons. The van der Waals surface area contributed by atoms with Crippen LogP contribution in [0.5, 0.6) is 0 Å². The van der Waals surface area contributed by atoms with Gasteiger partial charge >= 0.3 is 0 Å². The van der Waals surface area contributed by atoms with Crippen molar-refractivity contribution in [3.05, 3.63) is 35.2 Å². The Labute approximate surface area is 101 Å². The van der Waals surface area contributed by atoms with Crippen molar-refractivity contribution in [1.29, 1.82) is 0 Å². The number of para-hydroxylation sites is 1. The molecule has 4 nitrogen and oxygen atoms in total. The molecule has 2 heterocycles. The SMILES string of the molecule is Nn1cc2c(nc1=S)Nc1ccccc1S2. The summed E-state index contributed by atoms with van der Waals surface area (Å²) >= 11 is 6.65. The number of hydrogen-bond donors (Lipinski definition) is 2. The van der Waals surface area contributed by atoms with Gasteiger partial charge in [-0.05, 0) is 24.4 Å². The predicted molar refractivity (Wildman–Crippen MR) is 67.1 cm³/mol. The van der Waals surface area contributed by atoms with Gasteiger partial charge in [0.15, 0.2) is 0 Å². The van der Waals surface area contributed by atoms with Crippen LogP contribution in [0.15, 0.2) is 40.3 Å². The van der Waals surface area contributed by atoms with Crippen molar-refractivity contribution < 1.29 is 0 Å². The molecule has 1 aliphatic heterocycles. The highest BCUT2D eigenvalue weighted by Gasteiger charge is 2.16. The van der Waals surface area contributed by atoms with E-state index in [0.29, 0.717) is 4.77 Å². The van der Waals surface area contributed by atoms with Gasteiger partial charge in [-0.2, -0.15) is 4.98 Å². The molecule has 1 aliphatic rings. The zero-order chi connectivity index (χ0) is 11.1. The van der Waals surface area contributed by atoms with E-state index in [-0.39, 0.29) is 0 Å². The van der Waals surface area contributed by atoms with Crippen LogP contribution in [0.2, 0.25) is 0 Å². The molecule has 1 aromatic carbocycles. The van der Waals surface area contributed by atoms with Gasteiger partial charge in [0, 0.05) is 11.1 Å². The van der Waals surface area contributed by atoms with Crippen LogP contribution in [0.25, 0.3) is 0 Å². The molecule has 0 saturated heterocycles. The summed E-state index contributed by atoms with van der Waals surface area (Å²) in [6.45, 7) is 0. The summed E-state index contributed by atoms with van der Waals surface area (Å²) in [7, 11) is 0. The number of nitrogens with zero attached hydrogens (tertiary/aromatic N) is 2. The first-order chi connectivity index (χ1) is 7.74. The number of hydrogen-bond acceptors (Lipinski definition) is 5. The molecule has 3 N–H and O–H groups in total. The van der Waals surface area contributed by atoms with Gasteiger partial charge in [-0.1, -0.05) is 23.9 Å². The Kier molecular flexibility index (Phi) is 2.12. The van der Waals surface area contributed by atoms with E-state index in [0.717, 1.165) is 21.3 Å². The van der Waals surface area contributed by atoms with Crippen LogP contribution < -0.4 is 11.2 Å². The summed E-state index contributed by atoms with van der Waals surface area (Å²) in [6, 6.07) is 8.06. The molecule has 0 amide bonds. The second-order valence-corrected chi connectivity index (χ2v) is 4.82. The zero-order valence-electron chi connectivity index (χ0n) is 8.18. The van der Waals surface area contributed by atoms with Crippen molar-refractivity contribution in [1.82, 2.24) is 9.66 Å². The van der Waals surface area contributed by atoms with E-state index < -0.39 is 0 Å². The van der Waals surface area contributed by atoms with E-state index in [1.165, 1.54) is 4.68 Å². The number of anilines is 2. The Bertz CT molecular complexity index is 620. The summed E-state index contributed by atoms with van der Waals surface area (Å²) in [5, 5.41) is 3.24. The van der Waals surface area contributed by atoms with Gasteiger partial charge in [0.1, 0.15) is 5.82 Å². The summed E-state index contributed by atoms with van der Waals surface area (Å²) in [6.07, 6.45) is 1.79. The fourth-order valence-electron chi connectivity index (χ4n) is 1.52. The average molecular weight is 248 g/mol. The van der Waals surface area contributed by atoms with E-state index in [1.54, 1.807) is 18.0 Å². The van der Waals surface area contributed by atoms with Crippen LogP contribution >= 0.6 is 24.0 Å². The molecule has 0 fully saturated rings. The van der Waals surface area contributed by atoms with Crippen LogP contribution in [0, 0.1) is 4.77 Å². The fourth-order valence-corrected chi connectivity index (χ4v) is 2.64. The Balaban J connectivity index is 2.16. The van der Waals surface area contributed by atoms with Crippen LogP contribution in [-0.2, 0) is 0 Å². The summed E-state index contributed by atoms with van der Waals surface area (Å²) in [4.78, 5) is 6.38. The third-order valence-electron chi connectivity index (χ3n) is 2.28. The Hall–Kier alpha value is -1.53. The summed E-state index contributed by atoms with van der Waals surface area (Å²) in [5.74, 6) is 6.45. The molecule has 0 bridgehead atoms. The van der Waals surface area contributed by atoms with Gasteiger partial charge in [0.25, 0.3) is 0 Å². The molecule has 0 unspecified atom stereocenters. The van der Waals surface area contributed by atoms with Crippen molar-refractivity contribution in [2.24, 2.45) is 0 Å². The van der Waals surface area contributed by atoms with Crippen LogP contribution in [-0.4, -0.2) is 9.66 Å². The van der Waals surface area contributed by atoms with Crippen molar-refractivity contribution in [3.63, 3.8) is 0 Å². The van der Waals surface area contributed by atoms with Crippen molar-refractivity contribution in [2.75, 3.05) is 11.2 Å². The molecule has 0 atom stereocenters. The molecule has 6 heteroatoms. The zero-order valence-corrected chi connectivity index (χ0v) is 9.81. The highest BCUT2D eigenvalue weighted by Crippen LogP contribution is 2.42. The van der Waals surface area contributed by atoms with E-state index in [9.17, 15) is 0 Å². The van der Waals surface area contributed by atoms with Crippen molar-refractivity contribution in [2.45, 2.75) is 9.79 Å². The molecule has 1 aromatic heterocycles. The average Bonchev–Trinajstić information content (AvgIpc) is 2.28. The van der Waals surface area contributed by atoms with Gasteiger partial charge in [-0.3, -0.25) is 0 Å². The standard InChI is InChI=1S/C10H8N4S2/c11-14-5-8-9(13-10(14)15)12-6-3-1-2-4-7(6)16-8/h1-5H,11H2,(H,12,13,15). The van der Waals surface area contributed by atoms with Gasteiger partial charge in [0.05, 0.1) is 10.6 Å². The maximum absolute atomic E-state index is 5.67. The van der Waals surface area contributed by atoms with Gasteiger partial charge < -0.3 is 11.2 Å². The number of nitrogen functional groups attached to an aromatic ring is 1. The molecular weight excluding hydrogens is 240 g/mol. The highest BCUT2D eigenvalue weighted by molar-refractivity contribution is 7.99. The second kappa shape index (κ2) is 3.50. The fraction of sp³-hybridized carbons (Fsp3) is 0. The molecule has 3 rings (SSSR count). The third-order valence-corrected chi connectivity index (χ3v) is 3.67. The Morgan fingerprint density at radius 3 is 3.00 bits per heavy atom. The number of benzene rings is 1. The lowest BCUT2D eigenvalue weighted by molar-refractivity contribution is 0.881. The number of nitrogens with two attached hydrogens (primary N) is 1. The molecule has 2 aromatic rings. The molecule has 80 valence electrons. The number of nitrogens with one attached hydrogen (secondary N) is 1. The quantitative estimate of drug-likeness (QED) is 0.473. The predicted octanol–water partition coefficient (Wildman–Crippen LogP) is 2.53. The van der Waals surface area contributed by atoms with Crippen LogP contribution in [0.4, 0.5) is 11.5 Å². The van der Waals surface area contributed by atoms with Crippen molar-refractivity contribution in [3.8, 4) is 0 Å². The van der Waals surface area contributed by atoms with Gasteiger partial charge in [0.2, 0.25) is 4.77 Å². The monoisotopic (exact) mass is 248 g/mol. The Morgan fingerprint density at radius 2 is 2.12 bits per heavy atom. The topological polar surface area (TPSA) is 55.9 Å². The summed E-state index contributed by atoms with van der Waals surface area (Å²) < 4.78 is 1.72. The molecular formula is C10H8N4S2. The summed E-state index contributed by atoms with van der Waals surface area (Å²) in [5.41, 5.74) is 1.05. The minimum atomic E-state index is 0.367. The lowest BCUT2D eigenvalue weighted by atomic mass is 10.3. The van der Waals surface area contributed by atoms with E-state index in [4.69, 9.17) is 18.1 Å².